The first-order valence-corrected chi connectivity index (χ1v) is 8.68. The van der Waals surface area contributed by atoms with Crippen LogP contribution in [-0.4, -0.2) is 26.6 Å². The van der Waals surface area contributed by atoms with Gasteiger partial charge in [0.1, 0.15) is 11.5 Å². The summed E-state index contributed by atoms with van der Waals surface area (Å²) in [5, 5.41) is 9.44. The summed E-state index contributed by atoms with van der Waals surface area (Å²) in [7, 11) is 0. The van der Waals surface area contributed by atoms with E-state index in [1.807, 2.05) is 25.1 Å². The van der Waals surface area contributed by atoms with Gasteiger partial charge in [0.2, 0.25) is 5.91 Å². The van der Waals surface area contributed by atoms with E-state index in [1.54, 1.807) is 30.5 Å². The van der Waals surface area contributed by atoms with Crippen molar-refractivity contribution in [2.75, 3.05) is 10.6 Å². The van der Waals surface area contributed by atoms with E-state index in [9.17, 15) is 14.4 Å². The normalized spacial score (nSPS) is 10.3. The van der Waals surface area contributed by atoms with E-state index < -0.39 is 11.5 Å². The van der Waals surface area contributed by atoms with E-state index in [1.165, 1.54) is 12.1 Å². The Hall–Kier alpha value is -3.81. The van der Waals surface area contributed by atoms with E-state index in [2.05, 4.69) is 20.7 Å². The summed E-state index contributed by atoms with van der Waals surface area (Å²) < 4.78 is 1.10. The van der Waals surface area contributed by atoms with Gasteiger partial charge in [-0.3, -0.25) is 14.4 Å². The zero-order chi connectivity index (χ0) is 19.9. The standard InChI is InChI=1S/C20H19N5O3/c1-14-5-4-6-15(13-14)22-20(28)16-8-9-19(27)25(24-16)12-10-18(26)23-17-7-2-3-11-21-17/h2-9,11,13H,10,12H2,1H3,(H,22,28)(H,21,23,26). The molecule has 2 aromatic heterocycles. The van der Waals surface area contributed by atoms with Gasteiger partial charge in [-0.2, -0.15) is 5.10 Å². The van der Waals surface area contributed by atoms with Crippen LogP contribution in [0.2, 0.25) is 0 Å². The molecule has 0 bridgehead atoms. The Bertz CT molecular complexity index is 1050. The lowest BCUT2D eigenvalue weighted by atomic mass is 10.2. The SMILES string of the molecule is Cc1cccc(NC(=O)c2ccc(=O)n(CCC(=O)Nc3ccccn3)n2)c1. The van der Waals surface area contributed by atoms with Crippen LogP contribution in [0, 0.1) is 6.92 Å². The lowest BCUT2D eigenvalue weighted by molar-refractivity contribution is -0.116. The van der Waals surface area contributed by atoms with E-state index >= 15 is 0 Å². The van der Waals surface area contributed by atoms with Crippen molar-refractivity contribution >= 4 is 23.3 Å². The molecular weight excluding hydrogens is 358 g/mol. The van der Waals surface area contributed by atoms with Crippen molar-refractivity contribution in [3.05, 3.63) is 82.4 Å². The van der Waals surface area contributed by atoms with E-state index in [0.717, 1.165) is 10.2 Å². The maximum Gasteiger partial charge on any atom is 0.276 e. The molecule has 0 spiro atoms. The summed E-state index contributed by atoms with van der Waals surface area (Å²) in [5.74, 6) is -0.307. The Morgan fingerprint density at radius 3 is 2.64 bits per heavy atom. The summed E-state index contributed by atoms with van der Waals surface area (Å²) in [6, 6.07) is 15.1. The zero-order valence-electron chi connectivity index (χ0n) is 15.3. The predicted octanol–water partition coefficient (Wildman–Crippen LogP) is 2.23. The van der Waals surface area contributed by atoms with Crippen molar-refractivity contribution in [2.45, 2.75) is 19.9 Å². The monoisotopic (exact) mass is 377 g/mol. The molecule has 0 aliphatic carbocycles. The van der Waals surface area contributed by atoms with Gasteiger partial charge < -0.3 is 10.6 Å². The molecule has 0 saturated heterocycles. The van der Waals surface area contributed by atoms with Gasteiger partial charge in [-0.05, 0) is 42.8 Å². The Morgan fingerprint density at radius 1 is 1.04 bits per heavy atom. The van der Waals surface area contributed by atoms with Crippen LogP contribution in [0.5, 0.6) is 0 Å². The second-order valence-electron chi connectivity index (χ2n) is 6.12. The van der Waals surface area contributed by atoms with E-state index in [0.29, 0.717) is 11.5 Å². The number of nitrogens with zero attached hydrogens (tertiary/aromatic N) is 3. The number of benzene rings is 1. The summed E-state index contributed by atoms with van der Waals surface area (Å²) in [4.78, 5) is 40.4. The molecule has 0 unspecified atom stereocenters. The Labute approximate surface area is 161 Å². The summed E-state index contributed by atoms with van der Waals surface area (Å²) in [6.07, 6.45) is 1.59. The number of nitrogens with one attached hydrogen (secondary N) is 2. The van der Waals surface area contributed by atoms with Crippen LogP contribution in [-0.2, 0) is 11.3 Å². The molecule has 142 valence electrons. The number of anilines is 2. The minimum atomic E-state index is -0.433. The molecule has 3 aromatic rings. The smallest absolute Gasteiger partial charge is 0.276 e. The molecule has 0 aliphatic heterocycles. The summed E-state index contributed by atoms with van der Waals surface area (Å²) in [6.45, 7) is 1.97. The van der Waals surface area contributed by atoms with Crippen LogP contribution in [0.25, 0.3) is 0 Å². The molecule has 28 heavy (non-hydrogen) atoms. The van der Waals surface area contributed by atoms with Crippen LogP contribution in [0.4, 0.5) is 11.5 Å². The number of pyridine rings is 1. The van der Waals surface area contributed by atoms with Crippen LogP contribution in [0.15, 0.2) is 65.6 Å². The number of amides is 2. The molecule has 0 saturated carbocycles. The van der Waals surface area contributed by atoms with Crippen molar-refractivity contribution in [3.8, 4) is 0 Å². The average Bonchev–Trinajstić information content (AvgIpc) is 2.68. The third-order valence-corrected chi connectivity index (χ3v) is 3.86. The highest BCUT2D eigenvalue weighted by molar-refractivity contribution is 6.02. The number of rotatable bonds is 6. The van der Waals surface area contributed by atoms with Crippen LogP contribution < -0.4 is 16.2 Å². The molecular formula is C20H19N5O3. The molecule has 8 heteroatoms. The first-order valence-electron chi connectivity index (χ1n) is 8.68. The molecule has 2 heterocycles. The topological polar surface area (TPSA) is 106 Å². The first kappa shape index (κ1) is 19.0. The molecule has 0 aliphatic rings. The number of aryl methyl sites for hydroxylation is 2. The fourth-order valence-electron chi connectivity index (χ4n) is 2.50. The van der Waals surface area contributed by atoms with Crippen LogP contribution in [0.3, 0.4) is 0 Å². The molecule has 8 nitrogen and oxygen atoms in total. The third-order valence-electron chi connectivity index (χ3n) is 3.86. The summed E-state index contributed by atoms with van der Waals surface area (Å²) >= 11 is 0. The Kier molecular flexibility index (Phi) is 5.91. The average molecular weight is 377 g/mol. The molecule has 1 aromatic carbocycles. The number of aromatic nitrogens is 3. The molecule has 0 fully saturated rings. The maximum absolute atomic E-state index is 12.4. The maximum atomic E-state index is 12.4. The predicted molar refractivity (Wildman–Crippen MR) is 105 cm³/mol. The van der Waals surface area contributed by atoms with Gasteiger partial charge in [0.15, 0.2) is 0 Å². The fraction of sp³-hybridized carbons (Fsp3) is 0.150. The second-order valence-corrected chi connectivity index (χ2v) is 6.12. The highest BCUT2D eigenvalue weighted by Gasteiger charge is 2.11. The lowest BCUT2D eigenvalue weighted by Crippen LogP contribution is -2.28. The van der Waals surface area contributed by atoms with Gasteiger partial charge in [0.25, 0.3) is 11.5 Å². The number of hydrogen-bond donors (Lipinski definition) is 2. The van der Waals surface area contributed by atoms with Crippen molar-refractivity contribution in [2.24, 2.45) is 0 Å². The quantitative estimate of drug-likeness (QED) is 0.685. The van der Waals surface area contributed by atoms with Gasteiger partial charge in [-0.15, -0.1) is 0 Å². The number of carbonyl (C=O) groups is 2. The van der Waals surface area contributed by atoms with Crippen LogP contribution >= 0.6 is 0 Å². The van der Waals surface area contributed by atoms with Crippen molar-refractivity contribution in [3.63, 3.8) is 0 Å². The van der Waals surface area contributed by atoms with E-state index in [-0.39, 0.29) is 24.6 Å². The largest absolute Gasteiger partial charge is 0.321 e. The molecule has 0 atom stereocenters. The lowest BCUT2D eigenvalue weighted by Gasteiger charge is -2.08. The van der Waals surface area contributed by atoms with Gasteiger partial charge in [-0.25, -0.2) is 9.67 Å². The number of carbonyl (C=O) groups excluding carboxylic acids is 2. The fourth-order valence-corrected chi connectivity index (χ4v) is 2.50. The third kappa shape index (κ3) is 5.10. The van der Waals surface area contributed by atoms with Gasteiger partial charge >= 0.3 is 0 Å². The van der Waals surface area contributed by atoms with Gasteiger partial charge in [0.05, 0.1) is 6.54 Å². The highest BCUT2D eigenvalue weighted by Crippen LogP contribution is 2.10. The van der Waals surface area contributed by atoms with Crippen molar-refractivity contribution < 1.29 is 9.59 Å². The van der Waals surface area contributed by atoms with E-state index in [4.69, 9.17) is 0 Å². The van der Waals surface area contributed by atoms with Gasteiger partial charge in [-0.1, -0.05) is 18.2 Å². The second kappa shape index (κ2) is 8.72. The molecule has 2 amide bonds. The van der Waals surface area contributed by atoms with Crippen molar-refractivity contribution in [1.82, 2.24) is 14.8 Å². The van der Waals surface area contributed by atoms with Gasteiger partial charge in [0, 0.05) is 24.4 Å². The van der Waals surface area contributed by atoms with Crippen molar-refractivity contribution in [1.29, 1.82) is 0 Å². The van der Waals surface area contributed by atoms with Crippen LogP contribution in [0.1, 0.15) is 22.5 Å². The Balaban J connectivity index is 1.65. The minimum absolute atomic E-state index is 0.0203. The Morgan fingerprint density at radius 2 is 1.89 bits per heavy atom. The summed E-state index contributed by atoms with van der Waals surface area (Å²) in [5.41, 5.74) is 1.35. The highest BCUT2D eigenvalue weighted by atomic mass is 16.2. The number of hydrogen-bond acceptors (Lipinski definition) is 5. The minimum Gasteiger partial charge on any atom is -0.321 e. The molecule has 0 radical (unpaired) electrons. The molecule has 3 rings (SSSR count). The first-order chi connectivity index (χ1) is 13.5. The molecule has 2 N–H and O–H groups in total. The zero-order valence-corrected chi connectivity index (χ0v) is 15.3.